The Balaban J connectivity index is 1.40. The van der Waals surface area contributed by atoms with Crippen LogP contribution < -0.4 is 10.0 Å². The Bertz CT molecular complexity index is 2020. The Morgan fingerprint density at radius 2 is 1.76 bits per heavy atom. The molecule has 6 rings (SSSR count). The first kappa shape index (κ1) is 26.5. The highest BCUT2D eigenvalue weighted by Gasteiger charge is 2.17. The first-order valence-electron chi connectivity index (χ1n) is 12.9. The molecule has 4 N–H and O–H groups in total. The van der Waals surface area contributed by atoms with Crippen molar-refractivity contribution in [2.45, 2.75) is 26.4 Å². The van der Waals surface area contributed by atoms with Gasteiger partial charge in [-0.15, -0.1) is 0 Å². The van der Waals surface area contributed by atoms with Gasteiger partial charge in [-0.2, -0.15) is 5.10 Å². The monoisotopic (exact) mass is 570 g/mol. The molecule has 0 aliphatic heterocycles. The fraction of sp³-hybridized carbons (Fsp3) is 0.172. The minimum atomic E-state index is -3.43. The lowest BCUT2D eigenvalue weighted by Gasteiger charge is -2.10. The molecule has 0 saturated carbocycles. The van der Waals surface area contributed by atoms with Gasteiger partial charge in [-0.3, -0.25) is 20.1 Å². The maximum absolute atomic E-state index is 14.6. The van der Waals surface area contributed by atoms with Crippen molar-refractivity contribution in [2.24, 2.45) is 0 Å². The third kappa shape index (κ3) is 5.65. The number of nitrogens with one attached hydrogen (secondary N) is 4. The van der Waals surface area contributed by atoms with Gasteiger partial charge in [-0.05, 0) is 61.9 Å². The van der Waals surface area contributed by atoms with Gasteiger partial charge in [-0.1, -0.05) is 0 Å². The van der Waals surface area contributed by atoms with E-state index in [4.69, 9.17) is 0 Å². The molecule has 10 nitrogen and oxygen atoms in total. The van der Waals surface area contributed by atoms with Gasteiger partial charge in [0.15, 0.2) is 0 Å². The molecule has 0 aliphatic carbocycles. The Morgan fingerprint density at radius 1 is 0.927 bits per heavy atom. The molecule has 0 saturated heterocycles. The number of fused-ring (bicyclic) bond motifs is 2. The quantitative estimate of drug-likeness (QED) is 0.196. The number of aromatic amines is 2. The van der Waals surface area contributed by atoms with Crippen LogP contribution in [0.15, 0.2) is 67.3 Å². The van der Waals surface area contributed by atoms with Crippen molar-refractivity contribution in [1.82, 2.24) is 34.9 Å². The Hall–Kier alpha value is -4.68. The smallest absolute Gasteiger partial charge is 0.209 e. The number of H-pyrrole nitrogens is 2. The predicted octanol–water partition coefficient (Wildman–Crippen LogP) is 5.24. The summed E-state index contributed by atoms with van der Waals surface area (Å²) in [6.07, 6.45) is 8.02. The van der Waals surface area contributed by atoms with Crippen LogP contribution in [-0.4, -0.2) is 50.8 Å². The largest absolute Gasteiger partial charge is 0.382 e. The van der Waals surface area contributed by atoms with Crippen molar-refractivity contribution < 1.29 is 12.8 Å². The first-order chi connectivity index (χ1) is 19.6. The van der Waals surface area contributed by atoms with Crippen LogP contribution in [0, 0.1) is 5.82 Å². The molecule has 41 heavy (non-hydrogen) atoms. The molecular weight excluding hydrogens is 543 g/mol. The Morgan fingerprint density at radius 3 is 2.56 bits per heavy atom. The molecule has 0 radical (unpaired) electrons. The first-order valence-corrected chi connectivity index (χ1v) is 14.8. The summed E-state index contributed by atoms with van der Waals surface area (Å²) >= 11 is 0. The maximum atomic E-state index is 14.6. The number of nitrogens with zero attached hydrogens (tertiary/aromatic N) is 4. The van der Waals surface area contributed by atoms with Crippen LogP contribution >= 0.6 is 0 Å². The third-order valence-electron chi connectivity index (χ3n) is 6.51. The van der Waals surface area contributed by atoms with E-state index in [9.17, 15) is 12.8 Å². The number of rotatable bonds is 8. The second kappa shape index (κ2) is 10.4. The van der Waals surface area contributed by atoms with Crippen LogP contribution in [0.4, 0.5) is 10.1 Å². The Kier molecular flexibility index (Phi) is 6.72. The SMILES string of the molecule is CC(C)Nc1cncc(-c2cc3c(-c4cc5c(-c6cc(F)cc(CNS(C)(=O)=O)c6)nccc5[nH]4)n[nH]c3cn2)c1. The fourth-order valence-electron chi connectivity index (χ4n) is 4.79. The van der Waals surface area contributed by atoms with Gasteiger partial charge in [-0.25, -0.2) is 17.5 Å². The van der Waals surface area contributed by atoms with Crippen LogP contribution in [0.25, 0.3) is 55.7 Å². The lowest BCUT2D eigenvalue weighted by atomic mass is 10.0. The molecule has 0 aliphatic rings. The zero-order valence-corrected chi connectivity index (χ0v) is 23.3. The van der Waals surface area contributed by atoms with Gasteiger partial charge in [0.2, 0.25) is 10.0 Å². The second-order valence-electron chi connectivity index (χ2n) is 10.2. The van der Waals surface area contributed by atoms with Crippen molar-refractivity contribution >= 4 is 37.5 Å². The summed E-state index contributed by atoms with van der Waals surface area (Å²) in [5.74, 6) is -0.483. The number of anilines is 1. The van der Waals surface area contributed by atoms with Gasteiger partial charge in [0.05, 0.1) is 40.7 Å². The molecular formula is C29H27FN8O2S. The summed E-state index contributed by atoms with van der Waals surface area (Å²) in [5, 5.41) is 12.6. The summed E-state index contributed by atoms with van der Waals surface area (Å²) in [6, 6.07) is 12.5. The summed E-state index contributed by atoms with van der Waals surface area (Å²) in [6.45, 7) is 4.11. The number of hydrogen-bond donors (Lipinski definition) is 4. The van der Waals surface area contributed by atoms with Crippen molar-refractivity contribution in [3.63, 3.8) is 0 Å². The van der Waals surface area contributed by atoms with Crippen LogP contribution in [0.5, 0.6) is 0 Å². The van der Waals surface area contributed by atoms with Gasteiger partial charge >= 0.3 is 0 Å². The standard InChI is InChI=1S/C29H27FN8O2S/c1-16(2)35-21-9-19(13-31-14-21)25-10-23-27(15-33-25)37-38-29(23)26-11-22-24(36-26)4-5-32-28(22)18-6-17(7-20(30)8-18)12-34-41(3,39)40/h4-11,13-16,34-36H,12H2,1-3H3,(H,37,38). The van der Waals surface area contributed by atoms with E-state index >= 15 is 0 Å². The summed E-state index contributed by atoms with van der Waals surface area (Å²) < 4.78 is 40.0. The minimum Gasteiger partial charge on any atom is -0.382 e. The van der Waals surface area contributed by atoms with Crippen LogP contribution in [0.1, 0.15) is 19.4 Å². The van der Waals surface area contributed by atoms with Crippen LogP contribution in [0.3, 0.4) is 0 Å². The fourth-order valence-corrected chi connectivity index (χ4v) is 5.22. The van der Waals surface area contributed by atoms with Crippen LogP contribution in [-0.2, 0) is 16.6 Å². The molecule has 0 bridgehead atoms. The molecule has 0 amide bonds. The number of hydrogen-bond acceptors (Lipinski definition) is 7. The van der Waals surface area contributed by atoms with E-state index in [1.807, 2.05) is 24.3 Å². The highest BCUT2D eigenvalue weighted by molar-refractivity contribution is 7.88. The van der Waals surface area contributed by atoms with E-state index in [1.165, 1.54) is 12.1 Å². The minimum absolute atomic E-state index is 0.0282. The average Bonchev–Trinajstić information content (AvgIpc) is 3.54. The van der Waals surface area contributed by atoms with Crippen molar-refractivity contribution in [3.05, 3.63) is 78.6 Å². The summed E-state index contributed by atoms with van der Waals surface area (Å²) in [5.41, 5.74) is 7.16. The maximum Gasteiger partial charge on any atom is 0.209 e. The van der Waals surface area contributed by atoms with E-state index in [-0.39, 0.29) is 12.6 Å². The molecule has 12 heteroatoms. The second-order valence-corrected chi connectivity index (χ2v) is 12.0. The van der Waals surface area contributed by atoms with Gasteiger partial charge < -0.3 is 10.3 Å². The molecule has 0 fully saturated rings. The number of pyridine rings is 3. The summed E-state index contributed by atoms with van der Waals surface area (Å²) in [4.78, 5) is 16.9. The number of halogens is 1. The molecule has 0 spiro atoms. The molecule has 6 aromatic rings. The van der Waals surface area contributed by atoms with Gasteiger partial charge in [0.1, 0.15) is 11.5 Å². The third-order valence-corrected chi connectivity index (χ3v) is 7.18. The van der Waals surface area contributed by atoms with E-state index in [2.05, 4.69) is 54.0 Å². The topological polar surface area (TPSA) is 141 Å². The number of aromatic nitrogens is 6. The Labute approximate surface area is 235 Å². The molecule has 5 heterocycles. The van der Waals surface area contributed by atoms with E-state index in [1.54, 1.807) is 30.9 Å². The normalized spacial score (nSPS) is 12.0. The van der Waals surface area contributed by atoms with Crippen LogP contribution in [0.2, 0.25) is 0 Å². The number of sulfonamides is 1. The van der Waals surface area contributed by atoms with Gasteiger partial charge in [0.25, 0.3) is 0 Å². The zero-order valence-electron chi connectivity index (χ0n) is 22.5. The molecule has 208 valence electrons. The average molecular weight is 571 g/mol. The molecule has 1 aromatic carbocycles. The van der Waals surface area contributed by atoms with Crippen molar-refractivity contribution in [3.8, 4) is 33.9 Å². The predicted molar refractivity (Wildman–Crippen MR) is 158 cm³/mol. The summed E-state index contributed by atoms with van der Waals surface area (Å²) in [7, 11) is -3.43. The highest BCUT2D eigenvalue weighted by Crippen LogP contribution is 2.34. The molecule has 5 aromatic heterocycles. The lowest BCUT2D eigenvalue weighted by Crippen LogP contribution is -2.21. The van der Waals surface area contributed by atoms with Crippen molar-refractivity contribution in [1.29, 1.82) is 0 Å². The van der Waals surface area contributed by atoms with Gasteiger partial charge in [0, 0.05) is 58.6 Å². The lowest BCUT2D eigenvalue weighted by molar-refractivity contribution is 0.586. The highest BCUT2D eigenvalue weighted by atomic mass is 32.2. The van der Waals surface area contributed by atoms with E-state index in [0.717, 1.165) is 50.7 Å². The zero-order chi connectivity index (χ0) is 28.7. The van der Waals surface area contributed by atoms with E-state index in [0.29, 0.717) is 22.5 Å². The van der Waals surface area contributed by atoms with Crippen molar-refractivity contribution in [2.75, 3.05) is 11.6 Å². The van der Waals surface area contributed by atoms with E-state index < -0.39 is 15.8 Å². The number of benzene rings is 1. The molecule has 0 atom stereocenters. The molecule has 0 unspecified atom stereocenters.